The second kappa shape index (κ2) is 8.89. The minimum Gasteiger partial charge on any atom is -0.481 e. The average Bonchev–Trinajstić information content (AvgIpc) is 3.29. The number of likely N-dealkylation sites (tertiary alicyclic amines) is 1. The van der Waals surface area contributed by atoms with Gasteiger partial charge in [-0.2, -0.15) is 0 Å². The van der Waals surface area contributed by atoms with Crippen molar-refractivity contribution in [1.82, 2.24) is 4.90 Å². The number of β-amino-alcohol motifs (C(OH)–C–C–N with tert-alkyl or cyclic N) is 1. The van der Waals surface area contributed by atoms with Crippen LogP contribution in [0.2, 0.25) is 5.02 Å². The van der Waals surface area contributed by atoms with Gasteiger partial charge in [0.2, 0.25) is 0 Å². The Bertz CT molecular complexity index is 961. The summed E-state index contributed by atoms with van der Waals surface area (Å²) >= 11 is 6.46. The maximum absolute atomic E-state index is 13.1. The van der Waals surface area contributed by atoms with Gasteiger partial charge in [0.25, 0.3) is 5.91 Å². The number of aliphatic hydroxyl groups is 1. The molecule has 2 aliphatic heterocycles. The lowest BCUT2D eigenvalue weighted by atomic mass is 9.71. The molecule has 2 fully saturated rings. The summed E-state index contributed by atoms with van der Waals surface area (Å²) < 4.78 is 0. The van der Waals surface area contributed by atoms with Gasteiger partial charge < -0.3 is 20.0 Å². The van der Waals surface area contributed by atoms with Crippen LogP contribution in [0.1, 0.15) is 35.2 Å². The van der Waals surface area contributed by atoms with Gasteiger partial charge in [-0.1, -0.05) is 41.9 Å². The molecule has 6 nitrogen and oxygen atoms in total. The minimum absolute atomic E-state index is 0.0243. The fourth-order valence-corrected chi connectivity index (χ4v) is 4.99. The number of piperidine rings is 1. The number of aliphatic carboxylic acids is 1. The highest BCUT2D eigenvalue weighted by molar-refractivity contribution is 6.33. The predicted octanol–water partition coefficient (Wildman–Crippen LogP) is 3.46. The van der Waals surface area contributed by atoms with Crippen LogP contribution in [0.5, 0.6) is 0 Å². The van der Waals surface area contributed by atoms with Crippen molar-refractivity contribution >= 4 is 29.2 Å². The maximum Gasteiger partial charge on any atom is 0.312 e. The number of carboxylic acids is 1. The van der Waals surface area contributed by atoms with Crippen LogP contribution in [0, 0.1) is 5.41 Å². The number of carbonyl (C=O) groups is 2. The molecule has 2 heterocycles. The van der Waals surface area contributed by atoms with E-state index in [0.717, 1.165) is 37.2 Å². The number of rotatable bonds is 5. The standard InChI is InChI=1S/C24H27ClN2O4/c25-19-14-18(8-9-20(19)26-11-4-5-12-26)22(29)27-13-10-24(23(30)31,21(28)16-27)15-17-6-2-1-3-7-17/h1-3,6-9,14,21,28H,4-5,10-13,15-16H2,(H,30,31)/t21-,24-/m1/s1. The summed E-state index contributed by atoms with van der Waals surface area (Å²) in [5.41, 5.74) is 0.927. The fourth-order valence-electron chi connectivity index (χ4n) is 4.69. The summed E-state index contributed by atoms with van der Waals surface area (Å²) in [6, 6.07) is 14.6. The lowest BCUT2D eigenvalue weighted by Crippen LogP contribution is -2.57. The van der Waals surface area contributed by atoms with Gasteiger partial charge in [-0.3, -0.25) is 9.59 Å². The summed E-state index contributed by atoms with van der Waals surface area (Å²) in [6.07, 6.45) is 1.52. The molecule has 0 aliphatic carbocycles. The highest BCUT2D eigenvalue weighted by Crippen LogP contribution is 2.37. The Morgan fingerprint density at radius 2 is 1.77 bits per heavy atom. The molecule has 2 N–H and O–H groups in total. The largest absolute Gasteiger partial charge is 0.481 e. The lowest BCUT2D eigenvalue weighted by molar-refractivity contribution is -0.161. The van der Waals surface area contributed by atoms with Crippen molar-refractivity contribution in [3.05, 3.63) is 64.7 Å². The highest BCUT2D eigenvalue weighted by Gasteiger charge is 2.49. The van der Waals surface area contributed by atoms with E-state index in [2.05, 4.69) is 4.90 Å². The molecular formula is C24H27ClN2O4. The van der Waals surface area contributed by atoms with E-state index in [1.54, 1.807) is 12.1 Å². The molecule has 4 rings (SSSR count). The smallest absolute Gasteiger partial charge is 0.312 e. The number of nitrogens with zero attached hydrogens (tertiary/aromatic N) is 2. The summed E-state index contributed by atoms with van der Waals surface area (Å²) in [5.74, 6) is -1.28. The Kier molecular flexibility index (Phi) is 6.21. The van der Waals surface area contributed by atoms with Crippen molar-refractivity contribution in [1.29, 1.82) is 0 Å². The minimum atomic E-state index is -1.31. The number of hydrogen-bond acceptors (Lipinski definition) is 4. The van der Waals surface area contributed by atoms with Gasteiger partial charge in [0.05, 0.1) is 16.8 Å². The van der Waals surface area contributed by atoms with E-state index in [0.29, 0.717) is 10.6 Å². The van der Waals surface area contributed by atoms with Gasteiger partial charge in [-0.15, -0.1) is 0 Å². The molecular weight excluding hydrogens is 416 g/mol. The van der Waals surface area contributed by atoms with E-state index in [1.165, 1.54) is 4.90 Å². The zero-order chi connectivity index (χ0) is 22.0. The Labute approximate surface area is 187 Å². The molecule has 0 saturated carbocycles. The normalized spacial score (nSPS) is 23.7. The molecule has 2 aromatic carbocycles. The van der Waals surface area contributed by atoms with E-state index in [4.69, 9.17) is 11.6 Å². The molecule has 2 atom stereocenters. The summed E-state index contributed by atoms with van der Waals surface area (Å²) in [6.45, 7) is 2.16. The van der Waals surface area contributed by atoms with E-state index in [9.17, 15) is 19.8 Å². The number of hydrogen-bond donors (Lipinski definition) is 2. The molecule has 0 aromatic heterocycles. The molecule has 164 valence electrons. The summed E-state index contributed by atoms with van der Waals surface area (Å²) in [7, 11) is 0. The third-order valence-corrected chi connectivity index (χ3v) is 6.88. The third-order valence-electron chi connectivity index (χ3n) is 6.58. The Hall–Kier alpha value is -2.57. The quantitative estimate of drug-likeness (QED) is 0.741. The zero-order valence-electron chi connectivity index (χ0n) is 17.3. The van der Waals surface area contributed by atoms with Gasteiger partial charge in [0.15, 0.2) is 0 Å². The van der Waals surface area contributed by atoms with Gasteiger partial charge in [-0.05, 0) is 49.4 Å². The number of carbonyl (C=O) groups excluding carboxylic acids is 1. The van der Waals surface area contributed by atoms with Crippen LogP contribution in [0.25, 0.3) is 0 Å². The van der Waals surface area contributed by atoms with Crippen LogP contribution in [0.3, 0.4) is 0 Å². The molecule has 0 unspecified atom stereocenters. The second-order valence-electron chi connectivity index (χ2n) is 8.50. The van der Waals surface area contributed by atoms with Crippen LogP contribution in [-0.2, 0) is 11.2 Å². The lowest BCUT2D eigenvalue weighted by Gasteiger charge is -2.43. The van der Waals surface area contributed by atoms with Crippen molar-refractivity contribution in [2.75, 3.05) is 31.1 Å². The Morgan fingerprint density at radius 3 is 2.39 bits per heavy atom. The van der Waals surface area contributed by atoms with E-state index in [-0.39, 0.29) is 31.8 Å². The van der Waals surface area contributed by atoms with Crippen molar-refractivity contribution < 1.29 is 19.8 Å². The topological polar surface area (TPSA) is 81.1 Å². The van der Waals surface area contributed by atoms with E-state index >= 15 is 0 Å². The van der Waals surface area contributed by atoms with E-state index in [1.807, 2.05) is 36.4 Å². The molecule has 0 spiro atoms. The molecule has 0 radical (unpaired) electrons. The van der Waals surface area contributed by atoms with Gasteiger partial charge in [0.1, 0.15) is 5.41 Å². The molecule has 31 heavy (non-hydrogen) atoms. The summed E-state index contributed by atoms with van der Waals surface area (Å²) in [4.78, 5) is 29.0. The van der Waals surface area contributed by atoms with Gasteiger partial charge in [-0.25, -0.2) is 0 Å². The highest BCUT2D eigenvalue weighted by atomic mass is 35.5. The Balaban J connectivity index is 1.49. The number of aliphatic hydroxyl groups excluding tert-OH is 1. The van der Waals surface area contributed by atoms with E-state index < -0.39 is 17.5 Å². The first-order valence-corrected chi connectivity index (χ1v) is 11.1. The molecule has 0 bridgehead atoms. The first-order valence-electron chi connectivity index (χ1n) is 10.7. The van der Waals surface area contributed by atoms with Crippen LogP contribution >= 0.6 is 11.6 Å². The van der Waals surface area contributed by atoms with Crippen molar-refractivity contribution in [3.63, 3.8) is 0 Å². The number of halogens is 1. The van der Waals surface area contributed by atoms with Gasteiger partial charge >= 0.3 is 5.97 Å². The molecule has 2 aliphatic rings. The molecule has 7 heteroatoms. The number of anilines is 1. The first-order chi connectivity index (χ1) is 14.9. The maximum atomic E-state index is 13.1. The number of amides is 1. The third kappa shape index (κ3) is 4.27. The number of benzene rings is 2. The van der Waals surface area contributed by atoms with Crippen LogP contribution in [-0.4, -0.2) is 59.3 Å². The average molecular weight is 443 g/mol. The molecule has 2 saturated heterocycles. The van der Waals surface area contributed by atoms with Crippen molar-refractivity contribution in [2.24, 2.45) is 5.41 Å². The van der Waals surface area contributed by atoms with Crippen LogP contribution < -0.4 is 4.90 Å². The fraction of sp³-hybridized carbons (Fsp3) is 0.417. The Morgan fingerprint density at radius 1 is 1.06 bits per heavy atom. The van der Waals surface area contributed by atoms with Crippen LogP contribution in [0.4, 0.5) is 5.69 Å². The predicted molar refractivity (Wildman–Crippen MR) is 120 cm³/mol. The van der Waals surface area contributed by atoms with Crippen molar-refractivity contribution in [3.8, 4) is 0 Å². The SMILES string of the molecule is O=C(c1ccc(N2CCCC2)c(Cl)c1)N1CC[C@](Cc2ccccc2)(C(=O)O)[C@H](O)C1. The monoisotopic (exact) mass is 442 g/mol. The first kappa shape index (κ1) is 21.7. The zero-order valence-corrected chi connectivity index (χ0v) is 18.1. The summed E-state index contributed by atoms with van der Waals surface area (Å²) in [5, 5.41) is 21.3. The van der Waals surface area contributed by atoms with Gasteiger partial charge in [0, 0.05) is 31.7 Å². The number of carboxylic acid groups (broad SMARTS) is 1. The van der Waals surface area contributed by atoms with Crippen molar-refractivity contribution in [2.45, 2.75) is 31.8 Å². The van der Waals surface area contributed by atoms with Crippen LogP contribution in [0.15, 0.2) is 48.5 Å². The second-order valence-corrected chi connectivity index (χ2v) is 8.91. The molecule has 2 aromatic rings. The molecule has 1 amide bonds.